The molecule has 0 atom stereocenters. The van der Waals surface area contributed by atoms with E-state index in [0.29, 0.717) is 0 Å². The maximum absolute atomic E-state index is 0. The van der Waals surface area contributed by atoms with E-state index in [1.807, 2.05) is 0 Å². The Morgan fingerprint density at radius 2 is 1.00 bits per heavy atom. The van der Waals surface area contributed by atoms with Gasteiger partial charge >= 0.3 is 29.6 Å². The minimum absolute atomic E-state index is 0. The average molecular weight is 241 g/mol. The Kier molecular flexibility index (Phi) is 267. The number of rotatable bonds is 0. The van der Waals surface area contributed by atoms with Crippen molar-refractivity contribution in [1.82, 2.24) is 0 Å². The minimum Gasteiger partial charge on any atom is -2.00 e. The van der Waals surface area contributed by atoms with Crippen LogP contribution in [-0.2, 0) is 26.5 Å². The Labute approximate surface area is 61.1 Å². The smallest absolute Gasteiger partial charge is 1.00 e. The Morgan fingerprint density at radius 1 is 1.00 bits per heavy atom. The molecular formula is H2NaO2W-. The summed E-state index contributed by atoms with van der Waals surface area (Å²) in [6.45, 7) is 0. The molecule has 0 bridgehead atoms. The number of hydrogen-bond donors (Lipinski definition) is 0. The van der Waals surface area contributed by atoms with E-state index < -0.39 is 0 Å². The van der Waals surface area contributed by atoms with Crippen LogP contribution >= 0.6 is 0 Å². The van der Waals surface area contributed by atoms with E-state index in [1.54, 1.807) is 0 Å². The summed E-state index contributed by atoms with van der Waals surface area (Å²) in [5.74, 6) is 0. The van der Waals surface area contributed by atoms with Gasteiger partial charge in [0.05, 0.1) is 0 Å². The molecule has 0 saturated heterocycles. The van der Waals surface area contributed by atoms with Crippen molar-refractivity contribution in [3.63, 3.8) is 0 Å². The summed E-state index contributed by atoms with van der Waals surface area (Å²) < 4.78 is 0. The summed E-state index contributed by atoms with van der Waals surface area (Å²) in [6.07, 6.45) is 0. The summed E-state index contributed by atoms with van der Waals surface area (Å²) in [5, 5.41) is 0. The fourth-order valence-corrected chi connectivity index (χ4v) is 0. The predicted octanol–water partition coefficient (Wildman–Crippen LogP) is -3.94. The fraction of sp³-hybridized carbons (Fsp3) is 0. The molecule has 0 aromatic heterocycles. The first-order valence-electron chi connectivity index (χ1n) is 0. The summed E-state index contributed by atoms with van der Waals surface area (Å²) in [7, 11) is 0. The van der Waals surface area contributed by atoms with Crippen LogP contribution in [0.4, 0.5) is 0 Å². The average Bonchev–Trinajstić information content (AvgIpc) is 0. The van der Waals surface area contributed by atoms with Crippen LogP contribution in [0.1, 0.15) is 0 Å². The van der Waals surface area contributed by atoms with Crippen molar-refractivity contribution in [2.24, 2.45) is 0 Å². The molecule has 2 N–H and O–H groups in total. The SMILES string of the molecule is O.[Na+].[O-2].[W]. The minimum atomic E-state index is 0. The van der Waals surface area contributed by atoms with Crippen molar-refractivity contribution >= 4 is 0 Å². The standard InChI is InChI=1S/Na.H2O.O.W/h;1H2;;/q+1;;-2;. The molecule has 0 aliphatic carbocycles. The Bertz CT molecular complexity index is 6.00. The molecule has 0 saturated carbocycles. The van der Waals surface area contributed by atoms with Gasteiger partial charge in [0.1, 0.15) is 0 Å². The maximum Gasteiger partial charge on any atom is 1.00 e. The zero-order valence-electron chi connectivity index (χ0n) is 2.32. The summed E-state index contributed by atoms with van der Waals surface area (Å²) in [6, 6.07) is 0. The van der Waals surface area contributed by atoms with Crippen LogP contribution in [0.2, 0.25) is 0 Å². The van der Waals surface area contributed by atoms with E-state index in [-0.39, 0.29) is 61.6 Å². The van der Waals surface area contributed by atoms with Crippen molar-refractivity contribution in [2.45, 2.75) is 0 Å². The molecule has 0 aromatic rings. The molecule has 0 rings (SSSR count). The van der Waals surface area contributed by atoms with Gasteiger partial charge in [-0.05, 0) is 0 Å². The second-order valence-electron chi connectivity index (χ2n) is 0. The van der Waals surface area contributed by atoms with E-state index in [2.05, 4.69) is 0 Å². The quantitative estimate of drug-likeness (QED) is 0.389. The first kappa shape index (κ1) is 46.0. The van der Waals surface area contributed by atoms with Gasteiger partial charge in [-0.3, -0.25) is 0 Å². The molecule has 0 heterocycles. The van der Waals surface area contributed by atoms with Gasteiger partial charge < -0.3 is 11.0 Å². The molecule has 2 nitrogen and oxygen atoms in total. The van der Waals surface area contributed by atoms with Crippen LogP contribution in [0.5, 0.6) is 0 Å². The van der Waals surface area contributed by atoms with Crippen LogP contribution in [0.15, 0.2) is 0 Å². The molecule has 0 aliphatic rings. The Hall–Kier alpha value is 1.61. The van der Waals surface area contributed by atoms with Gasteiger partial charge in [-0.25, -0.2) is 0 Å². The van der Waals surface area contributed by atoms with Crippen molar-refractivity contribution in [2.75, 3.05) is 0 Å². The van der Waals surface area contributed by atoms with Gasteiger partial charge in [-0.2, -0.15) is 0 Å². The summed E-state index contributed by atoms with van der Waals surface area (Å²) >= 11 is 0. The van der Waals surface area contributed by atoms with Gasteiger partial charge in [-0.1, -0.05) is 0 Å². The molecule has 0 spiro atoms. The molecular weight excluding hydrogens is 239 g/mol. The molecule has 4 heteroatoms. The predicted molar refractivity (Wildman–Crippen MR) is 4.30 cm³/mol. The van der Waals surface area contributed by atoms with Crippen molar-refractivity contribution in [1.29, 1.82) is 0 Å². The van der Waals surface area contributed by atoms with Gasteiger partial charge in [0, 0.05) is 21.1 Å². The van der Waals surface area contributed by atoms with Gasteiger partial charge in [-0.15, -0.1) is 0 Å². The zero-order chi connectivity index (χ0) is 0. The molecule has 0 aromatic carbocycles. The molecule has 4 heavy (non-hydrogen) atoms. The first-order valence-corrected chi connectivity index (χ1v) is 0. The fourth-order valence-electron chi connectivity index (χ4n) is 0. The summed E-state index contributed by atoms with van der Waals surface area (Å²) in [4.78, 5) is 0. The molecule has 0 radical (unpaired) electrons. The Morgan fingerprint density at radius 3 is 1.00 bits per heavy atom. The van der Waals surface area contributed by atoms with Crippen molar-refractivity contribution < 1.29 is 61.6 Å². The normalized spacial score (nSPS) is 0. The molecule has 0 aliphatic heterocycles. The first-order chi connectivity index (χ1) is 0. The third kappa shape index (κ3) is 9.49. The molecule has 0 amide bonds. The van der Waals surface area contributed by atoms with Crippen LogP contribution in [-0.4, -0.2) is 5.48 Å². The van der Waals surface area contributed by atoms with Crippen LogP contribution in [0, 0.1) is 0 Å². The molecule has 22 valence electrons. The zero-order valence-corrected chi connectivity index (χ0v) is 7.25. The Balaban J connectivity index is 0. The van der Waals surface area contributed by atoms with E-state index in [0.717, 1.165) is 0 Å². The van der Waals surface area contributed by atoms with Crippen LogP contribution in [0.25, 0.3) is 0 Å². The second kappa shape index (κ2) is 23.2. The van der Waals surface area contributed by atoms with E-state index in [4.69, 9.17) is 0 Å². The molecule has 0 unspecified atom stereocenters. The molecule has 0 fully saturated rings. The number of hydrogen-bond acceptors (Lipinski definition) is 0. The van der Waals surface area contributed by atoms with Crippen molar-refractivity contribution in [3.05, 3.63) is 0 Å². The van der Waals surface area contributed by atoms with E-state index >= 15 is 0 Å². The van der Waals surface area contributed by atoms with Crippen LogP contribution < -0.4 is 29.6 Å². The van der Waals surface area contributed by atoms with Crippen LogP contribution in [0.3, 0.4) is 0 Å². The third-order valence-electron chi connectivity index (χ3n) is 0. The van der Waals surface area contributed by atoms with Gasteiger partial charge in [0.15, 0.2) is 0 Å². The maximum atomic E-state index is 0. The summed E-state index contributed by atoms with van der Waals surface area (Å²) in [5.41, 5.74) is 0. The third-order valence-corrected chi connectivity index (χ3v) is 0. The van der Waals surface area contributed by atoms with Crippen molar-refractivity contribution in [3.8, 4) is 0 Å². The topological polar surface area (TPSA) is 60.0 Å². The van der Waals surface area contributed by atoms with E-state index in [1.165, 1.54) is 0 Å². The van der Waals surface area contributed by atoms with Gasteiger partial charge in [0.2, 0.25) is 0 Å². The second-order valence-corrected chi connectivity index (χ2v) is 0. The monoisotopic (exact) mass is 241 g/mol. The largest absolute Gasteiger partial charge is 2.00 e. The van der Waals surface area contributed by atoms with Gasteiger partial charge in [0.25, 0.3) is 0 Å². The van der Waals surface area contributed by atoms with E-state index in [9.17, 15) is 0 Å².